The summed E-state index contributed by atoms with van der Waals surface area (Å²) < 4.78 is 0. The van der Waals surface area contributed by atoms with Gasteiger partial charge in [-0.05, 0) is 30.2 Å². The molecule has 0 saturated carbocycles. The van der Waals surface area contributed by atoms with Gasteiger partial charge >= 0.3 is 0 Å². The third kappa shape index (κ3) is 2.41. The van der Waals surface area contributed by atoms with Crippen LogP contribution in [0.25, 0.3) is 10.9 Å². The predicted octanol–water partition coefficient (Wildman–Crippen LogP) is 3.10. The molecule has 3 heteroatoms. The molecular formula is C17H17N3. The highest BCUT2D eigenvalue weighted by atomic mass is 15.2. The molecule has 0 amide bonds. The van der Waals surface area contributed by atoms with Crippen LogP contribution < -0.4 is 11.3 Å². The molecule has 0 radical (unpaired) electrons. The maximum absolute atomic E-state index is 5.75. The lowest BCUT2D eigenvalue weighted by Crippen LogP contribution is -2.28. The molecule has 100 valence electrons. The van der Waals surface area contributed by atoms with Gasteiger partial charge in [-0.15, -0.1) is 0 Å². The van der Waals surface area contributed by atoms with Crippen molar-refractivity contribution in [1.82, 2.24) is 10.4 Å². The Morgan fingerprint density at radius 2 is 1.75 bits per heavy atom. The third-order valence-corrected chi connectivity index (χ3v) is 3.54. The van der Waals surface area contributed by atoms with Gasteiger partial charge < -0.3 is 0 Å². The normalized spacial score (nSPS) is 12.5. The van der Waals surface area contributed by atoms with Gasteiger partial charge in [0.05, 0.1) is 11.6 Å². The van der Waals surface area contributed by atoms with Gasteiger partial charge in [0.15, 0.2) is 0 Å². The second-order valence-corrected chi connectivity index (χ2v) is 4.97. The molecule has 3 rings (SSSR count). The number of aromatic nitrogens is 1. The quantitative estimate of drug-likeness (QED) is 0.564. The fourth-order valence-electron chi connectivity index (χ4n) is 2.41. The molecule has 0 aliphatic carbocycles. The molecule has 3 nitrogen and oxygen atoms in total. The summed E-state index contributed by atoms with van der Waals surface area (Å²) in [5, 5.41) is 1.14. The van der Waals surface area contributed by atoms with E-state index in [1.165, 1.54) is 5.56 Å². The van der Waals surface area contributed by atoms with Gasteiger partial charge in [0, 0.05) is 11.6 Å². The Kier molecular flexibility index (Phi) is 3.46. The molecule has 2 aromatic carbocycles. The maximum atomic E-state index is 5.75. The Hall–Kier alpha value is -2.23. The summed E-state index contributed by atoms with van der Waals surface area (Å²) in [4.78, 5) is 4.40. The summed E-state index contributed by atoms with van der Waals surface area (Å²) in [5.74, 6) is 5.75. The standard InChI is InChI=1S/C17H17N3/c1-12-4-6-14(7-5-12)17(20-18)15-9-8-13-3-2-10-19-16(13)11-15/h2-11,17,20H,18H2,1H3. The van der Waals surface area contributed by atoms with Crippen LogP contribution in [0, 0.1) is 6.92 Å². The molecule has 1 unspecified atom stereocenters. The number of pyridine rings is 1. The van der Waals surface area contributed by atoms with E-state index in [4.69, 9.17) is 5.84 Å². The van der Waals surface area contributed by atoms with E-state index in [1.807, 2.05) is 12.3 Å². The molecule has 0 aliphatic heterocycles. The van der Waals surface area contributed by atoms with Gasteiger partial charge in [-0.25, -0.2) is 5.43 Å². The van der Waals surface area contributed by atoms with Crippen molar-refractivity contribution in [3.8, 4) is 0 Å². The number of aryl methyl sites for hydroxylation is 1. The van der Waals surface area contributed by atoms with Gasteiger partial charge in [0.25, 0.3) is 0 Å². The number of hydrogen-bond acceptors (Lipinski definition) is 3. The smallest absolute Gasteiger partial charge is 0.0710 e. The summed E-state index contributed by atoms with van der Waals surface area (Å²) in [7, 11) is 0. The van der Waals surface area contributed by atoms with E-state index >= 15 is 0 Å². The molecular weight excluding hydrogens is 246 g/mol. The average Bonchev–Trinajstić information content (AvgIpc) is 2.50. The molecule has 1 aromatic heterocycles. The molecule has 0 aliphatic rings. The van der Waals surface area contributed by atoms with Crippen LogP contribution in [0.5, 0.6) is 0 Å². The van der Waals surface area contributed by atoms with Crippen molar-refractivity contribution < 1.29 is 0 Å². The molecule has 0 fully saturated rings. The zero-order valence-electron chi connectivity index (χ0n) is 11.4. The first-order valence-corrected chi connectivity index (χ1v) is 6.65. The first-order valence-electron chi connectivity index (χ1n) is 6.65. The highest BCUT2D eigenvalue weighted by Crippen LogP contribution is 2.24. The molecule has 1 atom stereocenters. The highest BCUT2D eigenvalue weighted by molar-refractivity contribution is 5.79. The lowest BCUT2D eigenvalue weighted by molar-refractivity contribution is 0.637. The number of benzene rings is 2. The van der Waals surface area contributed by atoms with Crippen molar-refractivity contribution in [1.29, 1.82) is 0 Å². The van der Waals surface area contributed by atoms with Crippen molar-refractivity contribution in [2.24, 2.45) is 5.84 Å². The van der Waals surface area contributed by atoms with E-state index < -0.39 is 0 Å². The Labute approximate surface area is 118 Å². The monoisotopic (exact) mass is 263 g/mol. The van der Waals surface area contributed by atoms with Gasteiger partial charge in [-0.3, -0.25) is 10.8 Å². The number of nitrogens with zero attached hydrogens (tertiary/aromatic N) is 1. The van der Waals surface area contributed by atoms with Gasteiger partial charge in [0.1, 0.15) is 0 Å². The van der Waals surface area contributed by atoms with Crippen LogP contribution >= 0.6 is 0 Å². The molecule has 0 spiro atoms. The van der Waals surface area contributed by atoms with E-state index in [1.54, 1.807) is 0 Å². The van der Waals surface area contributed by atoms with Crippen molar-refractivity contribution in [3.05, 3.63) is 77.5 Å². The summed E-state index contributed by atoms with van der Waals surface area (Å²) >= 11 is 0. The van der Waals surface area contributed by atoms with Crippen molar-refractivity contribution in [2.45, 2.75) is 13.0 Å². The number of nitrogens with one attached hydrogen (secondary N) is 1. The summed E-state index contributed by atoms with van der Waals surface area (Å²) in [5.41, 5.74) is 7.38. The minimum absolute atomic E-state index is 0.0259. The minimum Gasteiger partial charge on any atom is -0.271 e. The third-order valence-electron chi connectivity index (χ3n) is 3.54. The Morgan fingerprint density at radius 1 is 1.00 bits per heavy atom. The van der Waals surface area contributed by atoms with E-state index in [2.05, 4.69) is 65.9 Å². The van der Waals surface area contributed by atoms with Crippen molar-refractivity contribution in [3.63, 3.8) is 0 Å². The van der Waals surface area contributed by atoms with Crippen LogP contribution in [0.4, 0.5) is 0 Å². The van der Waals surface area contributed by atoms with Gasteiger partial charge in [0.2, 0.25) is 0 Å². The lowest BCUT2D eigenvalue weighted by Gasteiger charge is -2.17. The summed E-state index contributed by atoms with van der Waals surface area (Å²) in [6.45, 7) is 2.08. The number of nitrogens with two attached hydrogens (primary N) is 1. The second kappa shape index (κ2) is 5.41. The number of fused-ring (bicyclic) bond motifs is 1. The Morgan fingerprint density at radius 3 is 2.50 bits per heavy atom. The van der Waals surface area contributed by atoms with Crippen LogP contribution in [-0.4, -0.2) is 4.98 Å². The number of rotatable bonds is 3. The number of hydrogen-bond donors (Lipinski definition) is 2. The van der Waals surface area contributed by atoms with Crippen LogP contribution in [0.2, 0.25) is 0 Å². The van der Waals surface area contributed by atoms with Crippen LogP contribution in [-0.2, 0) is 0 Å². The maximum Gasteiger partial charge on any atom is 0.0710 e. The fraction of sp³-hybridized carbons (Fsp3) is 0.118. The van der Waals surface area contributed by atoms with Crippen LogP contribution in [0.15, 0.2) is 60.8 Å². The zero-order valence-corrected chi connectivity index (χ0v) is 11.4. The highest BCUT2D eigenvalue weighted by Gasteiger charge is 2.12. The van der Waals surface area contributed by atoms with E-state index in [0.29, 0.717) is 0 Å². The first kappa shape index (κ1) is 12.8. The lowest BCUT2D eigenvalue weighted by atomic mass is 9.97. The minimum atomic E-state index is -0.0259. The van der Waals surface area contributed by atoms with Gasteiger partial charge in [-0.2, -0.15) is 0 Å². The van der Waals surface area contributed by atoms with Crippen molar-refractivity contribution >= 4 is 10.9 Å². The predicted molar refractivity (Wildman–Crippen MR) is 82.1 cm³/mol. The second-order valence-electron chi connectivity index (χ2n) is 4.97. The summed E-state index contributed by atoms with van der Waals surface area (Å²) in [6.07, 6.45) is 1.81. The molecule has 0 bridgehead atoms. The largest absolute Gasteiger partial charge is 0.271 e. The molecule has 20 heavy (non-hydrogen) atoms. The Balaban J connectivity index is 2.04. The average molecular weight is 263 g/mol. The first-order chi connectivity index (χ1) is 9.78. The van der Waals surface area contributed by atoms with Gasteiger partial charge in [-0.1, -0.05) is 48.0 Å². The summed E-state index contributed by atoms with van der Waals surface area (Å²) in [6, 6.07) is 18.6. The Bertz CT molecular complexity index is 720. The molecule has 3 aromatic rings. The number of hydrazine groups is 1. The topological polar surface area (TPSA) is 50.9 Å². The van der Waals surface area contributed by atoms with Crippen molar-refractivity contribution in [2.75, 3.05) is 0 Å². The van der Waals surface area contributed by atoms with Crippen LogP contribution in [0.1, 0.15) is 22.7 Å². The fourth-order valence-corrected chi connectivity index (χ4v) is 2.41. The molecule has 3 N–H and O–H groups in total. The van der Waals surface area contributed by atoms with E-state index in [9.17, 15) is 0 Å². The van der Waals surface area contributed by atoms with E-state index in [-0.39, 0.29) is 6.04 Å². The molecule has 0 saturated heterocycles. The molecule has 1 heterocycles. The zero-order chi connectivity index (χ0) is 13.9. The van der Waals surface area contributed by atoms with E-state index in [0.717, 1.165) is 22.0 Å². The SMILES string of the molecule is Cc1ccc(C(NN)c2ccc3cccnc3c2)cc1. The van der Waals surface area contributed by atoms with Crippen LogP contribution in [0.3, 0.4) is 0 Å².